The monoisotopic (exact) mass is 240 g/mol. The van der Waals surface area contributed by atoms with Crippen LogP contribution in [-0.2, 0) is 9.59 Å². The fourth-order valence-corrected chi connectivity index (χ4v) is 3.07. The zero-order chi connectivity index (χ0) is 13.3. The maximum Gasteiger partial charge on any atom is 0.227 e. The van der Waals surface area contributed by atoms with Gasteiger partial charge in [-0.05, 0) is 39.6 Å². The Morgan fingerprint density at radius 2 is 2.12 bits per heavy atom. The Balaban J connectivity index is 2.10. The van der Waals surface area contributed by atoms with Gasteiger partial charge in [0.1, 0.15) is 0 Å². The third-order valence-electron chi connectivity index (χ3n) is 4.05. The van der Waals surface area contributed by atoms with E-state index in [0.717, 1.165) is 19.3 Å². The first kappa shape index (κ1) is 11.2. The number of hydrogen-bond donors (Lipinski definition) is 1. The number of carbonyl (C=O) groups is 2. The minimum atomic E-state index is -0.363. The number of rotatable bonds is 3. The van der Waals surface area contributed by atoms with Gasteiger partial charge in [-0.2, -0.15) is 0 Å². The molecule has 0 aromatic rings. The highest BCUT2D eigenvalue weighted by atomic mass is 16.2. The molecule has 1 N–H and O–H groups in total. The smallest absolute Gasteiger partial charge is 0.227 e. The molecule has 0 aromatic carbocycles. The molecule has 2 fully saturated rings. The Bertz CT molecular complexity index is 348. The fourth-order valence-electron chi connectivity index (χ4n) is 3.07. The van der Waals surface area contributed by atoms with Gasteiger partial charge in [0.05, 0.1) is 12.0 Å². The van der Waals surface area contributed by atoms with Gasteiger partial charge in [0, 0.05) is 14.0 Å². The van der Waals surface area contributed by atoms with Crippen LogP contribution in [0.15, 0.2) is 0 Å². The summed E-state index contributed by atoms with van der Waals surface area (Å²) in [7, 11) is 1.88. The maximum absolute atomic E-state index is 12.5. The van der Waals surface area contributed by atoms with Crippen molar-refractivity contribution in [2.75, 3.05) is 13.6 Å². The predicted octanol–water partition coefficient (Wildman–Crippen LogP) is 0.954. The van der Waals surface area contributed by atoms with E-state index < -0.39 is 0 Å². The summed E-state index contributed by atoms with van der Waals surface area (Å²) in [6, 6.07) is -0.131. The van der Waals surface area contributed by atoms with E-state index in [1.54, 1.807) is 4.90 Å². The number of Topliss-reactive ketones (excluding diaryl/α,β-unsaturated/α-hetero) is 1. The van der Waals surface area contributed by atoms with Gasteiger partial charge in [0.15, 0.2) is 5.78 Å². The van der Waals surface area contributed by atoms with Crippen LogP contribution >= 0.6 is 0 Å². The third kappa shape index (κ3) is 2.37. The van der Waals surface area contributed by atoms with Gasteiger partial charge in [-0.1, -0.05) is 6.42 Å². The van der Waals surface area contributed by atoms with E-state index in [0.29, 0.717) is 13.0 Å². The molecule has 1 unspecified atom stereocenters. The molecule has 1 saturated carbocycles. The molecule has 17 heavy (non-hydrogen) atoms. The molecule has 0 spiro atoms. The molecule has 2 rings (SSSR count). The van der Waals surface area contributed by atoms with Crippen molar-refractivity contribution in [3.05, 3.63) is 0 Å². The Morgan fingerprint density at radius 3 is 2.76 bits per heavy atom. The predicted molar refractivity (Wildman–Crippen MR) is 65.6 cm³/mol. The molecule has 1 saturated heterocycles. The number of nitrogens with one attached hydrogen (secondary N) is 1. The Labute approximate surface area is 104 Å². The topological polar surface area (TPSA) is 49.4 Å². The van der Waals surface area contributed by atoms with Crippen LogP contribution < -0.4 is 5.32 Å². The van der Waals surface area contributed by atoms with Crippen molar-refractivity contribution in [3.63, 3.8) is 0 Å². The van der Waals surface area contributed by atoms with Crippen molar-refractivity contribution in [1.29, 1.82) is 0 Å². The molecule has 0 bridgehead atoms. The van der Waals surface area contributed by atoms with Gasteiger partial charge < -0.3 is 10.2 Å². The minimum absolute atomic E-state index is 0.0112. The summed E-state index contributed by atoms with van der Waals surface area (Å²) in [6.07, 6.45) is 3.17. The lowest BCUT2D eigenvalue weighted by Crippen LogP contribution is -2.46. The number of carbonyl (C=O) groups excluding carboxylic acids is 2. The largest absolute Gasteiger partial charge is 0.332 e. The minimum Gasteiger partial charge on any atom is -0.332 e. The first-order valence-electron chi connectivity index (χ1n) is 7.02. The number of ketones is 1. The van der Waals surface area contributed by atoms with E-state index in [1.165, 1.54) is 6.92 Å². The second kappa shape index (κ2) is 5.17. The molecular formula is C13H22N2O2. The first-order chi connectivity index (χ1) is 8.54. The lowest BCUT2D eigenvalue weighted by Gasteiger charge is -2.28. The maximum atomic E-state index is 12.5. The van der Waals surface area contributed by atoms with Crippen LogP contribution in [0.3, 0.4) is 0 Å². The second-order valence-electron chi connectivity index (χ2n) is 5.07. The molecule has 0 aromatic heterocycles. The van der Waals surface area contributed by atoms with Crippen LogP contribution in [0.5, 0.6) is 0 Å². The molecule has 1 aliphatic carbocycles. The van der Waals surface area contributed by atoms with Gasteiger partial charge in [-0.15, -0.1) is 0 Å². The average molecular weight is 240 g/mol. The zero-order valence-electron chi connectivity index (χ0n) is 11.6. The van der Waals surface area contributed by atoms with Crippen LogP contribution in [-0.4, -0.2) is 42.3 Å². The normalized spacial score (nSPS) is 38.2. The lowest BCUT2D eigenvalue weighted by molar-refractivity contribution is -0.140. The SMILES string of the molecule is [3H]C1C[C@H](C(C)=O)N(C(=O)[C@@H]2CCC[C@@H]2NC)C1. The Morgan fingerprint density at radius 1 is 1.35 bits per heavy atom. The second-order valence-corrected chi connectivity index (χ2v) is 5.07. The molecule has 1 heterocycles. The van der Waals surface area contributed by atoms with Crippen molar-refractivity contribution in [2.24, 2.45) is 5.92 Å². The highest BCUT2D eigenvalue weighted by Gasteiger charge is 2.39. The summed E-state index contributed by atoms with van der Waals surface area (Å²) in [6.45, 7) is 1.93. The Hall–Kier alpha value is -0.900. The molecule has 1 aliphatic heterocycles. The Kier molecular flexibility index (Phi) is 3.41. The van der Waals surface area contributed by atoms with Gasteiger partial charge in [-0.3, -0.25) is 9.59 Å². The van der Waals surface area contributed by atoms with Crippen LogP contribution in [0.4, 0.5) is 0 Å². The first-order valence-corrected chi connectivity index (χ1v) is 6.45. The van der Waals surface area contributed by atoms with Crippen LogP contribution in [0.25, 0.3) is 0 Å². The van der Waals surface area contributed by atoms with Gasteiger partial charge in [-0.25, -0.2) is 0 Å². The third-order valence-corrected chi connectivity index (χ3v) is 4.05. The number of likely N-dealkylation sites (tertiary alicyclic amines) is 1. The van der Waals surface area contributed by atoms with Crippen molar-refractivity contribution < 1.29 is 11.0 Å². The van der Waals surface area contributed by atoms with Gasteiger partial charge >= 0.3 is 0 Å². The van der Waals surface area contributed by atoms with Crippen LogP contribution in [0, 0.1) is 5.92 Å². The molecule has 4 atom stereocenters. The van der Waals surface area contributed by atoms with E-state index in [4.69, 9.17) is 1.37 Å². The van der Waals surface area contributed by atoms with E-state index >= 15 is 0 Å². The highest BCUT2D eigenvalue weighted by Crippen LogP contribution is 2.30. The fraction of sp³-hybridized carbons (Fsp3) is 0.846. The van der Waals surface area contributed by atoms with Gasteiger partial charge in [0.2, 0.25) is 5.91 Å². The zero-order valence-corrected chi connectivity index (χ0v) is 10.6. The van der Waals surface area contributed by atoms with Crippen molar-refractivity contribution in [1.82, 2.24) is 10.2 Å². The summed E-state index contributed by atoms with van der Waals surface area (Å²) >= 11 is 0. The van der Waals surface area contributed by atoms with Crippen molar-refractivity contribution >= 4 is 11.7 Å². The molecule has 96 valence electrons. The summed E-state index contributed by atoms with van der Waals surface area (Å²) in [5.74, 6) is 0.0704. The van der Waals surface area contributed by atoms with Crippen molar-refractivity contribution in [2.45, 2.75) is 51.1 Å². The molecule has 4 nitrogen and oxygen atoms in total. The highest BCUT2D eigenvalue weighted by molar-refractivity contribution is 5.89. The summed E-state index contributed by atoms with van der Waals surface area (Å²) in [5, 5.41) is 3.19. The molecular weight excluding hydrogens is 216 g/mol. The number of hydrogen-bond acceptors (Lipinski definition) is 3. The lowest BCUT2D eigenvalue weighted by atomic mass is 10.0. The molecule has 4 heteroatoms. The van der Waals surface area contributed by atoms with Crippen LogP contribution in [0.2, 0.25) is 0 Å². The summed E-state index contributed by atoms with van der Waals surface area (Å²) in [4.78, 5) is 25.8. The van der Waals surface area contributed by atoms with E-state index in [9.17, 15) is 9.59 Å². The van der Waals surface area contributed by atoms with Gasteiger partial charge in [0.25, 0.3) is 0 Å². The molecule has 1 amide bonds. The standard InChI is InChI=1S/C13H22N2O2/c1-9(16)12-7-4-8-15(12)13(17)10-5-3-6-11(10)14-2/h10-12,14H,3-8H2,1-2H3/t10-,11+,12-/m1/s1/i4T/t4?,10-,11+,12-. The number of amides is 1. The number of nitrogens with zero attached hydrogens (tertiary/aromatic N) is 1. The van der Waals surface area contributed by atoms with E-state index in [1.807, 2.05) is 7.05 Å². The summed E-state index contributed by atoms with van der Waals surface area (Å²) in [5.41, 5.74) is 0. The molecule has 2 aliphatic rings. The quantitative estimate of drug-likeness (QED) is 0.799. The summed E-state index contributed by atoms with van der Waals surface area (Å²) < 4.78 is 7.78. The van der Waals surface area contributed by atoms with Crippen LogP contribution in [0.1, 0.15) is 40.4 Å². The van der Waals surface area contributed by atoms with E-state index in [-0.39, 0.29) is 36.1 Å². The molecule has 0 radical (unpaired) electrons. The average Bonchev–Trinajstić information content (AvgIpc) is 2.93. The van der Waals surface area contributed by atoms with E-state index in [2.05, 4.69) is 5.32 Å². The van der Waals surface area contributed by atoms with Crippen molar-refractivity contribution in [3.8, 4) is 0 Å².